The Morgan fingerprint density at radius 2 is 2.06 bits per heavy atom. The van der Waals surface area contributed by atoms with Crippen molar-refractivity contribution < 1.29 is 9.90 Å². The van der Waals surface area contributed by atoms with Gasteiger partial charge in [0.15, 0.2) is 0 Å². The molecule has 1 N–H and O–H groups in total. The number of hydrogen-bond acceptors (Lipinski definition) is 2. The van der Waals surface area contributed by atoms with Gasteiger partial charge in [0.05, 0.1) is 0 Å². The van der Waals surface area contributed by atoms with Crippen LogP contribution in [0.15, 0.2) is 24.3 Å². The number of benzene rings is 1. The van der Waals surface area contributed by atoms with Crippen LogP contribution < -0.4 is 0 Å². The molecule has 3 nitrogen and oxygen atoms in total. The van der Waals surface area contributed by atoms with E-state index >= 15 is 0 Å². The van der Waals surface area contributed by atoms with Crippen LogP contribution in [0.25, 0.3) is 0 Å². The van der Waals surface area contributed by atoms with E-state index in [2.05, 4.69) is 15.9 Å². The number of phenols is 1. The first-order valence-corrected chi connectivity index (χ1v) is 6.31. The summed E-state index contributed by atoms with van der Waals surface area (Å²) in [6.45, 7) is 1.56. The number of carbonyl (C=O) groups excluding carboxylic acids is 1. The molecule has 2 rings (SSSR count). The second-order valence-corrected chi connectivity index (χ2v) is 5.31. The van der Waals surface area contributed by atoms with E-state index in [1.165, 1.54) is 6.07 Å². The molecule has 4 heteroatoms. The zero-order valence-electron chi connectivity index (χ0n) is 8.90. The maximum atomic E-state index is 12.1. The third kappa shape index (κ3) is 2.55. The van der Waals surface area contributed by atoms with E-state index in [1.807, 2.05) is 4.90 Å². The lowest BCUT2D eigenvalue weighted by Gasteiger charge is -2.29. The van der Waals surface area contributed by atoms with Gasteiger partial charge in [-0.2, -0.15) is 0 Å². The van der Waals surface area contributed by atoms with E-state index in [0.29, 0.717) is 10.4 Å². The number of aromatic hydroxyl groups is 1. The smallest absolute Gasteiger partial charge is 0.253 e. The quantitative estimate of drug-likeness (QED) is 0.804. The van der Waals surface area contributed by atoms with Gasteiger partial charge in [-0.1, -0.05) is 22.0 Å². The first-order valence-electron chi connectivity index (χ1n) is 5.39. The normalized spacial score (nSPS) is 17.4. The van der Waals surface area contributed by atoms with Crippen molar-refractivity contribution in [1.82, 2.24) is 4.90 Å². The Bertz CT molecular complexity index is 386. The van der Waals surface area contributed by atoms with Crippen molar-refractivity contribution >= 4 is 21.8 Å². The standard InChI is InChI=1S/C12H14BrNO2/c13-10-4-6-14(7-5-10)12(16)9-2-1-3-11(15)8-9/h1-3,8,10,15H,4-7H2. The number of piperidine rings is 1. The van der Waals surface area contributed by atoms with Crippen LogP contribution in [0.3, 0.4) is 0 Å². The lowest BCUT2D eigenvalue weighted by molar-refractivity contribution is 0.0728. The monoisotopic (exact) mass is 283 g/mol. The fourth-order valence-corrected chi connectivity index (χ4v) is 2.28. The minimum atomic E-state index is 0.00954. The molecule has 0 spiro atoms. The van der Waals surface area contributed by atoms with Gasteiger partial charge in [-0.15, -0.1) is 0 Å². The summed E-state index contributed by atoms with van der Waals surface area (Å²) in [4.78, 5) is 14.4. The van der Waals surface area contributed by atoms with Crippen LogP contribution in [-0.2, 0) is 0 Å². The summed E-state index contributed by atoms with van der Waals surface area (Å²) >= 11 is 3.55. The van der Waals surface area contributed by atoms with Gasteiger partial charge in [0, 0.05) is 23.5 Å². The second-order valence-electron chi connectivity index (χ2n) is 4.02. The Morgan fingerprint density at radius 3 is 2.69 bits per heavy atom. The van der Waals surface area contributed by atoms with Crippen molar-refractivity contribution in [2.45, 2.75) is 17.7 Å². The van der Waals surface area contributed by atoms with E-state index in [-0.39, 0.29) is 11.7 Å². The first kappa shape index (κ1) is 11.5. The topological polar surface area (TPSA) is 40.5 Å². The van der Waals surface area contributed by atoms with E-state index in [0.717, 1.165) is 25.9 Å². The molecule has 1 aromatic carbocycles. The summed E-state index contributed by atoms with van der Waals surface area (Å²) in [6.07, 6.45) is 1.98. The molecule has 1 saturated heterocycles. The van der Waals surface area contributed by atoms with Gasteiger partial charge in [0.2, 0.25) is 0 Å². The van der Waals surface area contributed by atoms with Gasteiger partial charge < -0.3 is 10.0 Å². The number of halogens is 1. The number of likely N-dealkylation sites (tertiary alicyclic amines) is 1. The fourth-order valence-electron chi connectivity index (χ4n) is 1.87. The van der Waals surface area contributed by atoms with Gasteiger partial charge in [-0.05, 0) is 31.0 Å². The van der Waals surface area contributed by atoms with Crippen molar-refractivity contribution in [1.29, 1.82) is 0 Å². The van der Waals surface area contributed by atoms with Crippen LogP contribution in [0.5, 0.6) is 5.75 Å². The molecular weight excluding hydrogens is 270 g/mol. The number of amides is 1. The van der Waals surface area contributed by atoms with Crippen LogP contribution in [0.1, 0.15) is 23.2 Å². The molecule has 1 aliphatic heterocycles. The number of rotatable bonds is 1. The minimum Gasteiger partial charge on any atom is -0.508 e. The van der Waals surface area contributed by atoms with Crippen molar-refractivity contribution in [3.8, 4) is 5.75 Å². The van der Waals surface area contributed by atoms with Crippen molar-refractivity contribution in [3.63, 3.8) is 0 Å². The molecule has 1 aliphatic rings. The number of phenolic OH excluding ortho intramolecular Hbond substituents is 1. The number of alkyl halides is 1. The van der Waals surface area contributed by atoms with Gasteiger partial charge in [0.1, 0.15) is 5.75 Å². The van der Waals surface area contributed by atoms with Crippen LogP contribution in [0, 0.1) is 0 Å². The molecule has 0 radical (unpaired) electrons. The van der Waals surface area contributed by atoms with E-state index in [4.69, 9.17) is 0 Å². The Labute approximate surface area is 103 Å². The molecule has 1 amide bonds. The lowest BCUT2D eigenvalue weighted by Crippen LogP contribution is -2.38. The molecule has 0 atom stereocenters. The summed E-state index contributed by atoms with van der Waals surface area (Å²) in [5.41, 5.74) is 0.563. The maximum Gasteiger partial charge on any atom is 0.253 e. The molecule has 0 saturated carbocycles. The van der Waals surface area contributed by atoms with Gasteiger partial charge in [-0.25, -0.2) is 0 Å². The highest BCUT2D eigenvalue weighted by Crippen LogP contribution is 2.20. The van der Waals surface area contributed by atoms with Crippen molar-refractivity contribution in [2.75, 3.05) is 13.1 Å². The Kier molecular flexibility index (Phi) is 3.49. The highest BCUT2D eigenvalue weighted by molar-refractivity contribution is 9.09. The summed E-state index contributed by atoms with van der Waals surface area (Å²) in [6, 6.07) is 6.52. The number of hydrogen-bond donors (Lipinski definition) is 1. The Balaban J connectivity index is 2.08. The molecule has 0 bridgehead atoms. The third-order valence-electron chi connectivity index (χ3n) is 2.80. The average Bonchev–Trinajstić information content (AvgIpc) is 2.29. The zero-order chi connectivity index (χ0) is 11.5. The average molecular weight is 284 g/mol. The molecule has 0 aliphatic carbocycles. The van der Waals surface area contributed by atoms with E-state index in [1.54, 1.807) is 18.2 Å². The largest absolute Gasteiger partial charge is 0.508 e. The second kappa shape index (κ2) is 4.87. The number of carbonyl (C=O) groups is 1. The Morgan fingerprint density at radius 1 is 1.38 bits per heavy atom. The number of nitrogens with zero attached hydrogens (tertiary/aromatic N) is 1. The molecule has 1 fully saturated rings. The molecule has 0 unspecified atom stereocenters. The van der Waals surface area contributed by atoms with Gasteiger partial charge in [-0.3, -0.25) is 4.79 Å². The molecule has 1 heterocycles. The summed E-state index contributed by atoms with van der Waals surface area (Å²) in [5, 5.41) is 9.32. The molecule has 86 valence electrons. The zero-order valence-corrected chi connectivity index (χ0v) is 10.5. The van der Waals surface area contributed by atoms with Gasteiger partial charge >= 0.3 is 0 Å². The van der Waals surface area contributed by atoms with E-state index in [9.17, 15) is 9.90 Å². The fraction of sp³-hybridized carbons (Fsp3) is 0.417. The molecule has 0 aromatic heterocycles. The van der Waals surface area contributed by atoms with E-state index < -0.39 is 0 Å². The van der Waals surface area contributed by atoms with Gasteiger partial charge in [0.25, 0.3) is 5.91 Å². The molecule has 1 aromatic rings. The minimum absolute atomic E-state index is 0.00954. The van der Waals surface area contributed by atoms with Crippen LogP contribution in [-0.4, -0.2) is 33.8 Å². The molecular formula is C12H14BrNO2. The summed E-state index contributed by atoms with van der Waals surface area (Å²) in [5.74, 6) is 0.150. The van der Waals surface area contributed by atoms with Crippen molar-refractivity contribution in [3.05, 3.63) is 29.8 Å². The lowest BCUT2D eigenvalue weighted by atomic mass is 10.1. The summed E-state index contributed by atoms with van der Waals surface area (Å²) in [7, 11) is 0. The summed E-state index contributed by atoms with van der Waals surface area (Å²) < 4.78 is 0. The maximum absolute atomic E-state index is 12.1. The Hall–Kier alpha value is -1.03. The van der Waals surface area contributed by atoms with Crippen molar-refractivity contribution in [2.24, 2.45) is 0 Å². The highest BCUT2D eigenvalue weighted by atomic mass is 79.9. The SMILES string of the molecule is O=C(c1cccc(O)c1)N1CCC(Br)CC1. The van der Waals surface area contributed by atoms with Crippen LogP contribution in [0.4, 0.5) is 0 Å². The van der Waals surface area contributed by atoms with Crippen LogP contribution >= 0.6 is 15.9 Å². The predicted octanol–water partition coefficient (Wildman–Crippen LogP) is 2.39. The highest BCUT2D eigenvalue weighted by Gasteiger charge is 2.22. The predicted molar refractivity (Wildman–Crippen MR) is 66.0 cm³/mol. The molecule has 16 heavy (non-hydrogen) atoms. The van der Waals surface area contributed by atoms with Crippen LogP contribution in [0.2, 0.25) is 0 Å². The first-order chi connectivity index (χ1) is 7.66. The third-order valence-corrected chi connectivity index (χ3v) is 3.72.